The first-order chi connectivity index (χ1) is 16.3. The van der Waals surface area contributed by atoms with Crippen LogP contribution in [0.1, 0.15) is 53.5 Å². The van der Waals surface area contributed by atoms with Gasteiger partial charge < -0.3 is 15.0 Å². The van der Waals surface area contributed by atoms with Gasteiger partial charge in [0.15, 0.2) is 18.2 Å². The van der Waals surface area contributed by atoms with E-state index < -0.39 is 18.5 Å². The molecule has 0 radical (unpaired) electrons. The smallest absolute Gasteiger partial charge is 0.338 e. The molecule has 0 spiro atoms. The average Bonchev–Trinajstić information content (AvgIpc) is 3.13. The molecule has 1 aromatic heterocycles. The maximum absolute atomic E-state index is 13.1. The zero-order chi connectivity index (χ0) is 24.0. The van der Waals surface area contributed by atoms with E-state index >= 15 is 0 Å². The minimum atomic E-state index is -0.634. The lowest BCUT2D eigenvalue weighted by molar-refractivity contribution is -0.119. The van der Waals surface area contributed by atoms with Gasteiger partial charge >= 0.3 is 5.97 Å². The predicted octanol–water partition coefficient (Wildman–Crippen LogP) is 4.36. The highest BCUT2D eigenvalue weighted by molar-refractivity contribution is 6.30. The largest absolute Gasteiger partial charge is 0.452 e. The van der Waals surface area contributed by atoms with Gasteiger partial charge in [0.05, 0.1) is 16.8 Å². The topological polar surface area (TPSA) is 105 Å². The minimum Gasteiger partial charge on any atom is -0.452 e. The molecule has 34 heavy (non-hydrogen) atoms. The second-order valence-electron chi connectivity index (χ2n) is 8.19. The molecule has 0 bridgehead atoms. The summed E-state index contributed by atoms with van der Waals surface area (Å²) in [5.41, 5.74) is 4.49. The van der Waals surface area contributed by atoms with Gasteiger partial charge in [-0.3, -0.25) is 14.4 Å². The quantitative estimate of drug-likeness (QED) is 0.394. The van der Waals surface area contributed by atoms with Crippen LogP contribution in [0, 0.1) is 13.8 Å². The number of hydrogen-bond acceptors (Lipinski definition) is 5. The molecule has 1 aliphatic rings. The number of ether oxygens (including phenoxy) is 1. The zero-order valence-electron chi connectivity index (χ0n) is 18.5. The lowest BCUT2D eigenvalue weighted by atomic mass is 9.83. The minimum absolute atomic E-state index is 0.134. The molecule has 5 rings (SSSR count). The van der Waals surface area contributed by atoms with Crippen LogP contribution < -0.4 is 5.32 Å². The van der Waals surface area contributed by atoms with Crippen LogP contribution in [0.3, 0.4) is 0 Å². The first-order valence-electron chi connectivity index (χ1n) is 10.7. The SMILES string of the molecule is Cc1[nH]c2ccc(C(=O)OCC(=O)Nc3cccc4c3C(=O)c3ccccc3C4=O)cc2c1C. The van der Waals surface area contributed by atoms with Crippen LogP contribution in [-0.2, 0) is 9.53 Å². The number of aromatic nitrogens is 1. The molecule has 0 unspecified atom stereocenters. The fourth-order valence-electron chi connectivity index (χ4n) is 4.24. The number of esters is 1. The lowest BCUT2D eigenvalue weighted by Gasteiger charge is -2.20. The van der Waals surface area contributed by atoms with Crippen LogP contribution in [0.25, 0.3) is 10.9 Å². The van der Waals surface area contributed by atoms with Crippen molar-refractivity contribution in [3.05, 3.63) is 99.7 Å². The zero-order valence-corrected chi connectivity index (χ0v) is 18.5. The van der Waals surface area contributed by atoms with Gasteiger partial charge in [0.1, 0.15) is 0 Å². The molecular formula is C27H20N2O5. The number of anilines is 1. The molecule has 1 amide bonds. The van der Waals surface area contributed by atoms with Gasteiger partial charge in [-0.1, -0.05) is 36.4 Å². The third-order valence-electron chi connectivity index (χ3n) is 6.10. The third kappa shape index (κ3) is 3.47. The number of benzene rings is 3. The molecule has 0 saturated heterocycles. The van der Waals surface area contributed by atoms with Crippen molar-refractivity contribution in [2.45, 2.75) is 13.8 Å². The molecule has 0 atom stereocenters. The molecule has 1 heterocycles. The number of amides is 1. The molecule has 0 saturated carbocycles. The molecule has 2 N–H and O–H groups in total. The van der Waals surface area contributed by atoms with Crippen LogP contribution in [0.4, 0.5) is 5.69 Å². The van der Waals surface area contributed by atoms with Gasteiger partial charge in [0.25, 0.3) is 5.91 Å². The molecule has 1 aliphatic carbocycles. The van der Waals surface area contributed by atoms with Gasteiger partial charge in [0, 0.05) is 33.3 Å². The van der Waals surface area contributed by atoms with Crippen molar-refractivity contribution < 1.29 is 23.9 Å². The van der Waals surface area contributed by atoms with Gasteiger partial charge in [0.2, 0.25) is 0 Å². The molecular weight excluding hydrogens is 432 g/mol. The second-order valence-corrected chi connectivity index (χ2v) is 8.19. The highest BCUT2D eigenvalue weighted by Gasteiger charge is 2.31. The highest BCUT2D eigenvalue weighted by atomic mass is 16.5. The first-order valence-corrected chi connectivity index (χ1v) is 10.7. The van der Waals surface area contributed by atoms with E-state index in [4.69, 9.17) is 4.74 Å². The molecule has 7 nitrogen and oxygen atoms in total. The van der Waals surface area contributed by atoms with E-state index in [1.54, 1.807) is 60.7 Å². The number of carbonyl (C=O) groups excluding carboxylic acids is 4. The van der Waals surface area contributed by atoms with Gasteiger partial charge in [-0.2, -0.15) is 0 Å². The number of nitrogens with one attached hydrogen (secondary N) is 2. The number of ketones is 2. The molecule has 3 aromatic carbocycles. The van der Waals surface area contributed by atoms with Crippen LogP contribution >= 0.6 is 0 Å². The van der Waals surface area contributed by atoms with Crippen LogP contribution in [0.15, 0.2) is 60.7 Å². The summed E-state index contributed by atoms with van der Waals surface area (Å²) in [7, 11) is 0. The van der Waals surface area contributed by atoms with Crippen molar-refractivity contribution >= 4 is 40.0 Å². The Balaban J connectivity index is 1.32. The average molecular weight is 452 g/mol. The molecule has 0 fully saturated rings. The number of carbonyl (C=O) groups is 4. The molecule has 0 aliphatic heterocycles. The number of fused-ring (bicyclic) bond motifs is 3. The lowest BCUT2D eigenvalue weighted by Crippen LogP contribution is -2.26. The number of aromatic amines is 1. The Kier molecular flexibility index (Phi) is 5.09. The maximum atomic E-state index is 13.1. The summed E-state index contributed by atoms with van der Waals surface area (Å²) in [6.07, 6.45) is 0. The highest BCUT2D eigenvalue weighted by Crippen LogP contribution is 2.32. The van der Waals surface area contributed by atoms with E-state index in [2.05, 4.69) is 10.3 Å². The van der Waals surface area contributed by atoms with E-state index in [1.165, 1.54) is 0 Å². The van der Waals surface area contributed by atoms with Crippen LogP contribution in [0.5, 0.6) is 0 Å². The van der Waals surface area contributed by atoms with Crippen molar-refractivity contribution in [1.29, 1.82) is 0 Å². The van der Waals surface area contributed by atoms with Gasteiger partial charge in [-0.15, -0.1) is 0 Å². The number of hydrogen-bond donors (Lipinski definition) is 2. The van der Waals surface area contributed by atoms with Crippen LogP contribution in [-0.4, -0.2) is 35.0 Å². The monoisotopic (exact) mass is 452 g/mol. The van der Waals surface area contributed by atoms with Gasteiger partial charge in [-0.05, 0) is 43.7 Å². The Morgan fingerprint density at radius 1 is 0.882 bits per heavy atom. The Labute approximate surface area is 194 Å². The third-order valence-corrected chi connectivity index (χ3v) is 6.10. The van der Waals surface area contributed by atoms with E-state index in [9.17, 15) is 19.2 Å². The van der Waals surface area contributed by atoms with E-state index in [1.807, 2.05) is 13.8 Å². The predicted molar refractivity (Wildman–Crippen MR) is 126 cm³/mol. The van der Waals surface area contributed by atoms with E-state index in [0.29, 0.717) is 16.7 Å². The molecule has 7 heteroatoms. The maximum Gasteiger partial charge on any atom is 0.338 e. The summed E-state index contributed by atoms with van der Waals surface area (Å²) in [5, 5.41) is 3.52. The van der Waals surface area contributed by atoms with E-state index in [0.717, 1.165) is 22.2 Å². The summed E-state index contributed by atoms with van der Waals surface area (Å²) in [6, 6.07) is 16.4. The Morgan fingerprint density at radius 3 is 2.35 bits per heavy atom. The van der Waals surface area contributed by atoms with E-state index in [-0.39, 0.29) is 28.4 Å². The number of H-pyrrole nitrogens is 1. The normalized spacial score (nSPS) is 12.3. The molecule has 168 valence electrons. The Bertz CT molecular complexity index is 1530. The van der Waals surface area contributed by atoms with Crippen molar-refractivity contribution in [3.63, 3.8) is 0 Å². The van der Waals surface area contributed by atoms with Crippen molar-refractivity contribution in [3.8, 4) is 0 Å². The second kappa shape index (κ2) is 8.12. The summed E-state index contributed by atoms with van der Waals surface area (Å²) in [5.74, 6) is -1.87. The fraction of sp³-hybridized carbons (Fsp3) is 0.111. The van der Waals surface area contributed by atoms with Crippen LogP contribution in [0.2, 0.25) is 0 Å². The van der Waals surface area contributed by atoms with Crippen molar-refractivity contribution in [1.82, 2.24) is 4.98 Å². The van der Waals surface area contributed by atoms with Crippen molar-refractivity contribution in [2.24, 2.45) is 0 Å². The standard InChI is InChI=1S/C27H20N2O5/c1-14-15(2)28-21-11-10-16(12-20(14)21)27(33)34-13-23(30)29-22-9-5-8-19-24(22)26(32)18-7-4-3-6-17(18)25(19)31/h3-12,28H,13H2,1-2H3,(H,29,30). The Morgan fingerprint density at radius 2 is 1.59 bits per heavy atom. The Hall–Kier alpha value is -4.52. The summed E-state index contributed by atoms with van der Waals surface area (Å²) < 4.78 is 5.19. The van der Waals surface area contributed by atoms with Gasteiger partial charge in [-0.25, -0.2) is 4.79 Å². The van der Waals surface area contributed by atoms with Crippen molar-refractivity contribution in [2.75, 3.05) is 11.9 Å². The molecule has 4 aromatic rings. The first kappa shape index (κ1) is 21.3. The summed E-state index contributed by atoms with van der Waals surface area (Å²) in [4.78, 5) is 54.2. The fourth-order valence-corrected chi connectivity index (χ4v) is 4.24. The summed E-state index contributed by atoms with van der Waals surface area (Å²) in [6.45, 7) is 3.38. The number of rotatable bonds is 4. The summed E-state index contributed by atoms with van der Waals surface area (Å²) >= 11 is 0. The number of aryl methyl sites for hydroxylation is 2.